The molecule has 0 saturated carbocycles. The van der Waals surface area contributed by atoms with E-state index in [4.69, 9.17) is 4.74 Å². The van der Waals surface area contributed by atoms with E-state index >= 15 is 0 Å². The smallest absolute Gasteiger partial charge is 0.317 e. The maximum Gasteiger partial charge on any atom is 0.317 e. The summed E-state index contributed by atoms with van der Waals surface area (Å²) in [7, 11) is 0. The fourth-order valence-corrected chi connectivity index (χ4v) is 3.33. The van der Waals surface area contributed by atoms with E-state index in [2.05, 4.69) is 39.2 Å². The number of nitrogens with one attached hydrogen (secondary N) is 1. The number of urea groups is 1. The summed E-state index contributed by atoms with van der Waals surface area (Å²) in [5, 5.41) is 3.12. The predicted octanol–water partition coefficient (Wildman–Crippen LogP) is 3.12. The maximum absolute atomic E-state index is 12.6. The van der Waals surface area contributed by atoms with Gasteiger partial charge in [0, 0.05) is 44.6 Å². The second kappa shape index (κ2) is 10.1. The van der Waals surface area contributed by atoms with E-state index in [9.17, 15) is 4.79 Å². The van der Waals surface area contributed by atoms with Crippen molar-refractivity contribution in [3.8, 4) is 5.75 Å². The molecule has 0 bridgehead atoms. The molecule has 1 N–H and O–H groups in total. The van der Waals surface area contributed by atoms with E-state index in [-0.39, 0.29) is 18.2 Å². The van der Waals surface area contributed by atoms with Crippen molar-refractivity contribution in [1.29, 1.82) is 0 Å². The second-order valence-electron chi connectivity index (χ2n) is 7.72. The quantitative estimate of drug-likeness (QED) is 0.777. The molecule has 1 atom stereocenters. The Hall–Kier alpha value is -2.83. The van der Waals surface area contributed by atoms with E-state index in [1.165, 1.54) is 5.56 Å². The first kappa shape index (κ1) is 20.9. The molecule has 2 amide bonds. The molecule has 156 valence electrons. The van der Waals surface area contributed by atoms with Crippen molar-refractivity contribution in [1.82, 2.24) is 20.2 Å². The summed E-state index contributed by atoms with van der Waals surface area (Å²) in [6.07, 6.45) is 5.48. The molecule has 1 saturated heterocycles. The molecule has 1 unspecified atom stereocenters. The van der Waals surface area contributed by atoms with Crippen LogP contribution in [0.3, 0.4) is 0 Å². The lowest BCUT2D eigenvalue weighted by Crippen LogP contribution is -2.53. The minimum absolute atomic E-state index is 0.00631. The number of nitrogens with zero attached hydrogens (tertiary/aromatic N) is 4. The summed E-state index contributed by atoms with van der Waals surface area (Å²) in [5.41, 5.74) is 1.25. The van der Waals surface area contributed by atoms with Crippen LogP contribution in [0.2, 0.25) is 0 Å². The zero-order valence-corrected chi connectivity index (χ0v) is 17.5. The summed E-state index contributed by atoms with van der Waals surface area (Å²) in [5.74, 6) is 1.62. The lowest BCUT2D eigenvalue weighted by Gasteiger charge is -2.35. The van der Waals surface area contributed by atoms with Crippen LogP contribution in [-0.2, 0) is 6.42 Å². The largest absolute Gasteiger partial charge is 0.491 e. The van der Waals surface area contributed by atoms with Crippen LogP contribution in [0, 0.1) is 0 Å². The number of rotatable bonds is 7. The normalized spacial score (nSPS) is 15.3. The van der Waals surface area contributed by atoms with Gasteiger partial charge < -0.3 is 19.9 Å². The molecule has 0 radical (unpaired) electrons. The molecule has 7 heteroatoms. The van der Waals surface area contributed by atoms with E-state index in [1.54, 1.807) is 12.4 Å². The first-order chi connectivity index (χ1) is 14.0. The third-order valence-electron chi connectivity index (χ3n) is 4.93. The molecule has 1 aromatic heterocycles. The van der Waals surface area contributed by atoms with E-state index in [0.717, 1.165) is 37.6 Å². The zero-order valence-electron chi connectivity index (χ0n) is 17.5. The maximum atomic E-state index is 12.6. The van der Waals surface area contributed by atoms with E-state index < -0.39 is 0 Å². The summed E-state index contributed by atoms with van der Waals surface area (Å²) in [6, 6.07) is 10.1. The Bertz CT molecular complexity index is 759. The minimum Gasteiger partial charge on any atom is -0.491 e. The first-order valence-electron chi connectivity index (χ1n) is 10.3. The number of hydrogen-bond donors (Lipinski definition) is 1. The number of aryl methyl sites for hydroxylation is 1. The summed E-state index contributed by atoms with van der Waals surface area (Å²) in [4.78, 5) is 25.1. The number of anilines is 1. The Kier molecular flexibility index (Phi) is 7.27. The second-order valence-corrected chi connectivity index (χ2v) is 7.72. The van der Waals surface area contributed by atoms with E-state index in [1.807, 2.05) is 36.9 Å². The number of piperazine rings is 1. The first-order valence-corrected chi connectivity index (χ1v) is 10.3. The van der Waals surface area contributed by atoms with Gasteiger partial charge in [0.1, 0.15) is 5.75 Å². The number of carbonyl (C=O) groups excluding carboxylic acids is 1. The molecule has 1 aromatic carbocycles. The number of aromatic nitrogens is 2. The molecule has 0 aliphatic carbocycles. The fraction of sp³-hybridized carbons (Fsp3) is 0.500. The highest BCUT2D eigenvalue weighted by Gasteiger charge is 2.23. The Morgan fingerprint density at radius 3 is 2.34 bits per heavy atom. The van der Waals surface area contributed by atoms with Gasteiger partial charge in [-0.15, -0.1) is 0 Å². The van der Waals surface area contributed by atoms with Gasteiger partial charge in [-0.05, 0) is 57.4 Å². The number of ether oxygens (including phenoxy) is 1. The van der Waals surface area contributed by atoms with Crippen LogP contribution >= 0.6 is 0 Å². The van der Waals surface area contributed by atoms with Crippen LogP contribution in [-0.4, -0.2) is 59.2 Å². The van der Waals surface area contributed by atoms with Gasteiger partial charge in [0.25, 0.3) is 0 Å². The zero-order chi connectivity index (χ0) is 20.6. The van der Waals surface area contributed by atoms with Gasteiger partial charge in [-0.25, -0.2) is 14.8 Å². The molecule has 1 aliphatic rings. The van der Waals surface area contributed by atoms with Gasteiger partial charge in [-0.3, -0.25) is 0 Å². The molecule has 2 heterocycles. The molecular formula is C22H31N5O2. The van der Waals surface area contributed by atoms with Gasteiger partial charge in [-0.1, -0.05) is 12.1 Å². The van der Waals surface area contributed by atoms with Gasteiger partial charge in [0.15, 0.2) is 0 Å². The van der Waals surface area contributed by atoms with Crippen molar-refractivity contribution >= 4 is 12.0 Å². The third kappa shape index (κ3) is 6.34. The van der Waals surface area contributed by atoms with Gasteiger partial charge in [0.05, 0.1) is 6.10 Å². The summed E-state index contributed by atoms with van der Waals surface area (Å²) >= 11 is 0. The number of benzene rings is 1. The Balaban J connectivity index is 1.39. The molecule has 1 aliphatic heterocycles. The van der Waals surface area contributed by atoms with Gasteiger partial charge in [-0.2, -0.15) is 0 Å². The van der Waals surface area contributed by atoms with Crippen LogP contribution in [0.4, 0.5) is 10.7 Å². The molecule has 0 spiro atoms. The van der Waals surface area contributed by atoms with Gasteiger partial charge >= 0.3 is 6.03 Å². The number of hydrogen-bond acceptors (Lipinski definition) is 5. The molecule has 2 aromatic rings. The average Bonchev–Trinajstić information content (AvgIpc) is 2.73. The topological polar surface area (TPSA) is 70.6 Å². The molecular weight excluding hydrogens is 366 g/mol. The van der Waals surface area contributed by atoms with Crippen LogP contribution in [0.1, 0.15) is 32.8 Å². The number of carbonyl (C=O) groups is 1. The highest BCUT2D eigenvalue weighted by molar-refractivity contribution is 5.74. The standard InChI is InChI=1S/C22H31N5O2/c1-17(2)29-20-9-7-19(8-10-20)6-5-18(3)25-22(28)27-15-13-26(14-16-27)21-23-11-4-12-24-21/h4,7-12,17-18H,5-6,13-16H2,1-3H3,(H,25,28). The lowest BCUT2D eigenvalue weighted by atomic mass is 10.1. The summed E-state index contributed by atoms with van der Waals surface area (Å²) < 4.78 is 5.68. The van der Waals surface area contributed by atoms with Crippen LogP contribution in [0.25, 0.3) is 0 Å². The Morgan fingerprint density at radius 1 is 1.07 bits per heavy atom. The molecule has 7 nitrogen and oxygen atoms in total. The third-order valence-corrected chi connectivity index (χ3v) is 4.93. The molecule has 29 heavy (non-hydrogen) atoms. The van der Waals surface area contributed by atoms with Crippen molar-refractivity contribution in [3.05, 3.63) is 48.3 Å². The monoisotopic (exact) mass is 397 g/mol. The Morgan fingerprint density at radius 2 is 1.72 bits per heavy atom. The number of amides is 2. The molecule has 1 fully saturated rings. The highest BCUT2D eigenvalue weighted by Crippen LogP contribution is 2.15. The van der Waals surface area contributed by atoms with Gasteiger partial charge in [0.2, 0.25) is 5.95 Å². The van der Waals surface area contributed by atoms with Crippen LogP contribution in [0.5, 0.6) is 5.75 Å². The lowest BCUT2D eigenvalue weighted by molar-refractivity contribution is 0.190. The Labute approximate surface area is 173 Å². The van der Waals surface area contributed by atoms with E-state index in [0.29, 0.717) is 13.1 Å². The SMILES string of the molecule is CC(CCc1ccc(OC(C)C)cc1)NC(=O)N1CCN(c2ncccn2)CC1. The van der Waals surface area contributed by atoms with Crippen molar-refractivity contribution in [2.45, 2.75) is 45.8 Å². The minimum atomic E-state index is 0.00631. The fourth-order valence-electron chi connectivity index (χ4n) is 3.33. The van der Waals surface area contributed by atoms with Crippen molar-refractivity contribution < 1.29 is 9.53 Å². The predicted molar refractivity (Wildman–Crippen MR) is 114 cm³/mol. The van der Waals surface area contributed by atoms with Crippen molar-refractivity contribution in [2.24, 2.45) is 0 Å². The van der Waals surface area contributed by atoms with Crippen molar-refractivity contribution in [3.63, 3.8) is 0 Å². The van der Waals surface area contributed by atoms with Crippen molar-refractivity contribution in [2.75, 3.05) is 31.1 Å². The van der Waals surface area contributed by atoms with Crippen LogP contribution in [0.15, 0.2) is 42.7 Å². The highest BCUT2D eigenvalue weighted by atomic mass is 16.5. The summed E-state index contributed by atoms with van der Waals surface area (Å²) in [6.45, 7) is 8.94. The van der Waals surface area contributed by atoms with Crippen LogP contribution < -0.4 is 15.0 Å². The average molecular weight is 398 g/mol. The molecule has 3 rings (SSSR count).